The Bertz CT molecular complexity index is 148. The lowest BCUT2D eigenvalue weighted by Crippen LogP contribution is -2.26. The van der Waals surface area contributed by atoms with Gasteiger partial charge in [0.2, 0.25) is 6.41 Å². The predicted molar refractivity (Wildman–Crippen MR) is 53.4 cm³/mol. The van der Waals surface area contributed by atoms with Crippen molar-refractivity contribution in [2.75, 3.05) is 6.54 Å². The number of aliphatic hydroxyl groups excluding tert-OH is 1. The van der Waals surface area contributed by atoms with Crippen LogP contribution in [0.5, 0.6) is 0 Å². The topological polar surface area (TPSA) is 49.3 Å². The van der Waals surface area contributed by atoms with Crippen molar-refractivity contribution in [3.05, 3.63) is 0 Å². The van der Waals surface area contributed by atoms with E-state index in [1.807, 2.05) is 0 Å². The van der Waals surface area contributed by atoms with Crippen LogP contribution in [0.1, 0.15) is 40.0 Å². The first-order valence-corrected chi connectivity index (χ1v) is 4.89. The van der Waals surface area contributed by atoms with Crippen molar-refractivity contribution in [1.82, 2.24) is 5.32 Å². The van der Waals surface area contributed by atoms with Crippen LogP contribution in [0.4, 0.5) is 0 Å². The first-order valence-electron chi connectivity index (χ1n) is 4.89. The number of hydrogen-bond donors (Lipinski definition) is 2. The van der Waals surface area contributed by atoms with Crippen LogP contribution in [-0.2, 0) is 4.79 Å². The average Bonchev–Trinajstić information content (AvgIpc) is 2.04. The van der Waals surface area contributed by atoms with Gasteiger partial charge in [-0.15, -0.1) is 0 Å². The Balaban J connectivity index is 3.88. The highest BCUT2D eigenvalue weighted by Gasteiger charge is 2.23. The summed E-state index contributed by atoms with van der Waals surface area (Å²) in [7, 11) is 0. The van der Waals surface area contributed by atoms with Crippen LogP contribution in [0.25, 0.3) is 0 Å². The van der Waals surface area contributed by atoms with Gasteiger partial charge in [0.1, 0.15) is 0 Å². The Morgan fingerprint density at radius 1 is 1.62 bits per heavy atom. The summed E-state index contributed by atoms with van der Waals surface area (Å²) in [5.74, 6) is 0. The fourth-order valence-corrected chi connectivity index (χ4v) is 1.57. The molecule has 0 bridgehead atoms. The van der Waals surface area contributed by atoms with Crippen LogP contribution < -0.4 is 5.32 Å². The first kappa shape index (κ1) is 12.4. The molecule has 0 aliphatic heterocycles. The van der Waals surface area contributed by atoms with Crippen LogP contribution in [0, 0.1) is 5.41 Å². The summed E-state index contributed by atoms with van der Waals surface area (Å²) in [5.41, 5.74) is 0.143. The number of nitrogens with one attached hydrogen (secondary N) is 1. The second-order valence-electron chi connectivity index (χ2n) is 4.04. The van der Waals surface area contributed by atoms with Crippen LogP contribution >= 0.6 is 0 Å². The fourth-order valence-electron chi connectivity index (χ4n) is 1.57. The van der Waals surface area contributed by atoms with Gasteiger partial charge < -0.3 is 10.4 Å². The molecule has 13 heavy (non-hydrogen) atoms. The molecule has 1 amide bonds. The van der Waals surface area contributed by atoms with Gasteiger partial charge in [-0.3, -0.25) is 4.79 Å². The number of amides is 1. The molecule has 3 heteroatoms. The van der Waals surface area contributed by atoms with E-state index in [-0.39, 0.29) is 11.5 Å². The highest BCUT2D eigenvalue weighted by Crippen LogP contribution is 2.30. The third-order valence-corrected chi connectivity index (χ3v) is 2.60. The number of rotatable bonds is 7. The van der Waals surface area contributed by atoms with Crippen LogP contribution in [0.3, 0.4) is 0 Å². The molecule has 0 aromatic carbocycles. The zero-order valence-corrected chi connectivity index (χ0v) is 8.84. The summed E-state index contributed by atoms with van der Waals surface area (Å²) < 4.78 is 0. The minimum Gasteiger partial charge on any atom is -0.393 e. The smallest absolute Gasteiger partial charge is 0.207 e. The summed E-state index contributed by atoms with van der Waals surface area (Å²) >= 11 is 0. The van der Waals surface area contributed by atoms with Gasteiger partial charge in [0.05, 0.1) is 6.10 Å². The molecule has 0 saturated heterocycles. The van der Waals surface area contributed by atoms with E-state index < -0.39 is 0 Å². The Morgan fingerprint density at radius 3 is 2.62 bits per heavy atom. The molecule has 2 atom stereocenters. The third kappa shape index (κ3) is 5.64. The van der Waals surface area contributed by atoms with Gasteiger partial charge in [0.25, 0.3) is 0 Å². The second-order valence-corrected chi connectivity index (χ2v) is 4.04. The van der Waals surface area contributed by atoms with Crippen molar-refractivity contribution in [3.8, 4) is 0 Å². The summed E-state index contributed by atoms with van der Waals surface area (Å²) in [4.78, 5) is 10.0. The molecular formula is C10H21NO2. The van der Waals surface area contributed by atoms with E-state index in [2.05, 4.69) is 19.2 Å². The SMILES string of the molecule is CC[C@](C)(CCNC=O)C[C@@H](C)O. The van der Waals surface area contributed by atoms with E-state index in [0.29, 0.717) is 6.54 Å². The minimum absolute atomic E-state index is 0.143. The van der Waals surface area contributed by atoms with E-state index in [0.717, 1.165) is 25.7 Å². The number of carbonyl (C=O) groups is 1. The number of aliphatic hydroxyl groups is 1. The summed E-state index contributed by atoms with van der Waals surface area (Å²) in [6.07, 6.45) is 3.20. The van der Waals surface area contributed by atoms with E-state index in [9.17, 15) is 9.90 Å². The molecule has 0 aliphatic carbocycles. The van der Waals surface area contributed by atoms with Crippen LogP contribution in [0.2, 0.25) is 0 Å². The van der Waals surface area contributed by atoms with Gasteiger partial charge >= 0.3 is 0 Å². The predicted octanol–water partition coefficient (Wildman–Crippen LogP) is 1.31. The maximum Gasteiger partial charge on any atom is 0.207 e. The van der Waals surface area contributed by atoms with Crippen LogP contribution in [0.15, 0.2) is 0 Å². The molecule has 0 saturated carbocycles. The monoisotopic (exact) mass is 187 g/mol. The Morgan fingerprint density at radius 2 is 2.23 bits per heavy atom. The minimum atomic E-state index is -0.263. The van der Waals surface area contributed by atoms with Gasteiger partial charge in [0.15, 0.2) is 0 Å². The van der Waals surface area contributed by atoms with Gasteiger partial charge in [-0.1, -0.05) is 20.3 Å². The lowest BCUT2D eigenvalue weighted by atomic mass is 9.79. The molecule has 0 aliphatic rings. The Labute approximate surface area is 80.5 Å². The molecule has 0 aromatic heterocycles. The molecular weight excluding hydrogens is 166 g/mol. The summed E-state index contributed by atoms with van der Waals surface area (Å²) in [6.45, 7) is 6.76. The molecule has 0 fully saturated rings. The standard InChI is InChI=1S/C10H21NO2/c1-4-10(3,7-9(2)13)5-6-11-8-12/h8-9,13H,4-7H2,1-3H3,(H,11,12)/t9-,10-/m1/s1. The molecule has 0 unspecified atom stereocenters. The normalized spacial score (nSPS) is 17.5. The van der Waals surface area contributed by atoms with E-state index in [1.165, 1.54) is 0 Å². The first-order chi connectivity index (χ1) is 6.04. The van der Waals surface area contributed by atoms with Gasteiger partial charge in [-0.25, -0.2) is 0 Å². The van der Waals surface area contributed by atoms with E-state index in [4.69, 9.17) is 0 Å². The van der Waals surface area contributed by atoms with E-state index >= 15 is 0 Å². The maximum atomic E-state index is 10.0. The molecule has 0 heterocycles. The van der Waals surface area contributed by atoms with Crippen molar-refractivity contribution in [2.24, 2.45) is 5.41 Å². The van der Waals surface area contributed by atoms with Crippen molar-refractivity contribution in [3.63, 3.8) is 0 Å². The van der Waals surface area contributed by atoms with Crippen LogP contribution in [-0.4, -0.2) is 24.2 Å². The Kier molecular flexibility index (Phi) is 5.71. The average molecular weight is 187 g/mol. The quantitative estimate of drug-likeness (QED) is 0.466. The number of carbonyl (C=O) groups excluding carboxylic acids is 1. The second kappa shape index (κ2) is 5.97. The molecule has 0 radical (unpaired) electrons. The molecule has 0 rings (SSSR count). The maximum absolute atomic E-state index is 10.0. The lowest BCUT2D eigenvalue weighted by molar-refractivity contribution is -0.109. The fraction of sp³-hybridized carbons (Fsp3) is 0.900. The van der Waals surface area contributed by atoms with Crippen molar-refractivity contribution in [2.45, 2.75) is 46.1 Å². The Hall–Kier alpha value is -0.570. The van der Waals surface area contributed by atoms with E-state index in [1.54, 1.807) is 6.92 Å². The van der Waals surface area contributed by atoms with Crippen molar-refractivity contribution in [1.29, 1.82) is 0 Å². The zero-order valence-electron chi connectivity index (χ0n) is 8.84. The molecule has 0 aromatic rings. The molecule has 2 N–H and O–H groups in total. The zero-order chi connectivity index (χ0) is 10.3. The molecule has 0 spiro atoms. The third-order valence-electron chi connectivity index (χ3n) is 2.60. The van der Waals surface area contributed by atoms with Crippen molar-refractivity contribution < 1.29 is 9.90 Å². The number of hydrogen-bond acceptors (Lipinski definition) is 2. The highest BCUT2D eigenvalue weighted by molar-refractivity contribution is 5.45. The highest BCUT2D eigenvalue weighted by atomic mass is 16.3. The summed E-state index contributed by atoms with van der Waals surface area (Å²) in [5, 5.41) is 11.9. The molecule has 3 nitrogen and oxygen atoms in total. The largest absolute Gasteiger partial charge is 0.393 e. The van der Waals surface area contributed by atoms with Gasteiger partial charge in [-0.05, 0) is 25.2 Å². The van der Waals surface area contributed by atoms with Gasteiger partial charge in [-0.2, -0.15) is 0 Å². The van der Waals surface area contributed by atoms with Crippen molar-refractivity contribution >= 4 is 6.41 Å². The lowest BCUT2D eigenvalue weighted by Gasteiger charge is -2.29. The summed E-state index contributed by atoms with van der Waals surface area (Å²) in [6, 6.07) is 0. The van der Waals surface area contributed by atoms with Gasteiger partial charge in [0, 0.05) is 6.54 Å². The molecule has 78 valence electrons.